The molecule has 0 aliphatic heterocycles. The van der Waals surface area contributed by atoms with Gasteiger partial charge in [0.25, 0.3) is 5.91 Å². The van der Waals surface area contributed by atoms with Gasteiger partial charge in [0.15, 0.2) is 11.5 Å². The van der Waals surface area contributed by atoms with Crippen LogP contribution in [-0.4, -0.2) is 41.2 Å². The van der Waals surface area contributed by atoms with Crippen LogP contribution in [0.4, 0.5) is 0 Å². The number of aromatic nitrogens is 2. The highest BCUT2D eigenvalue weighted by Gasteiger charge is 2.28. The second-order valence-corrected chi connectivity index (χ2v) is 7.67. The number of ether oxygens (including phenoxy) is 2. The predicted octanol–water partition coefficient (Wildman–Crippen LogP) is 4.73. The second-order valence-electron chi connectivity index (χ2n) is 7.67. The van der Waals surface area contributed by atoms with E-state index in [2.05, 4.69) is 10.1 Å². The van der Waals surface area contributed by atoms with Crippen LogP contribution in [0.25, 0.3) is 11.4 Å². The summed E-state index contributed by atoms with van der Waals surface area (Å²) in [5, 5.41) is 4.13. The third kappa shape index (κ3) is 4.71. The first-order valence-electron chi connectivity index (χ1n) is 10.6. The van der Waals surface area contributed by atoms with Gasteiger partial charge in [0.05, 0.1) is 14.2 Å². The average Bonchev–Trinajstić information content (AvgIpc) is 3.31. The molecule has 4 rings (SSSR count). The van der Waals surface area contributed by atoms with Crippen molar-refractivity contribution in [3.63, 3.8) is 0 Å². The van der Waals surface area contributed by atoms with Gasteiger partial charge in [0, 0.05) is 17.2 Å². The predicted molar refractivity (Wildman–Crippen MR) is 116 cm³/mol. The molecule has 1 saturated carbocycles. The molecule has 3 aromatic rings. The fourth-order valence-corrected chi connectivity index (χ4v) is 4.06. The van der Waals surface area contributed by atoms with Gasteiger partial charge in [-0.25, -0.2) is 0 Å². The van der Waals surface area contributed by atoms with Crippen LogP contribution in [0.5, 0.6) is 11.5 Å². The van der Waals surface area contributed by atoms with Crippen molar-refractivity contribution in [1.29, 1.82) is 0 Å². The SMILES string of the molecule is COc1ccc(-c2noc(CN(C(=O)c3ccccc3)C3CCCCC3)n2)cc1OC. The lowest BCUT2D eigenvalue weighted by atomic mass is 9.93. The summed E-state index contributed by atoms with van der Waals surface area (Å²) in [7, 11) is 3.17. The van der Waals surface area contributed by atoms with Crippen LogP contribution >= 0.6 is 0 Å². The lowest BCUT2D eigenvalue weighted by Crippen LogP contribution is -2.41. The molecule has 7 heteroatoms. The van der Waals surface area contributed by atoms with Gasteiger partial charge in [-0.2, -0.15) is 4.98 Å². The van der Waals surface area contributed by atoms with E-state index in [1.807, 2.05) is 47.4 Å². The molecular formula is C24H27N3O4. The normalized spacial score (nSPS) is 14.3. The van der Waals surface area contributed by atoms with Crippen LogP contribution in [0.1, 0.15) is 48.4 Å². The topological polar surface area (TPSA) is 77.7 Å². The van der Waals surface area contributed by atoms with Crippen molar-refractivity contribution < 1.29 is 18.8 Å². The van der Waals surface area contributed by atoms with Gasteiger partial charge in [-0.1, -0.05) is 42.6 Å². The first kappa shape index (κ1) is 20.9. The molecule has 31 heavy (non-hydrogen) atoms. The summed E-state index contributed by atoms with van der Waals surface area (Å²) >= 11 is 0. The van der Waals surface area contributed by atoms with E-state index in [0.29, 0.717) is 35.3 Å². The minimum Gasteiger partial charge on any atom is -0.493 e. The monoisotopic (exact) mass is 421 g/mol. The Bertz CT molecular complexity index is 1010. The molecular weight excluding hydrogens is 394 g/mol. The Kier molecular flexibility index (Phi) is 6.50. The molecule has 1 aromatic heterocycles. The first-order chi connectivity index (χ1) is 15.2. The molecule has 0 radical (unpaired) electrons. The van der Waals surface area contributed by atoms with Crippen LogP contribution in [0.15, 0.2) is 53.1 Å². The standard InChI is InChI=1S/C24H27N3O4/c1-29-20-14-13-18(15-21(20)30-2)23-25-22(31-26-23)16-27(19-11-7-4-8-12-19)24(28)17-9-5-3-6-10-17/h3,5-6,9-10,13-15,19H,4,7-8,11-12,16H2,1-2H3. The molecule has 0 spiro atoms. The van der Waals surface area contributed by atoms with Crippen LogP contribution in [0.2, 0.25) is 0 Å². The maximum atomic E-state index is 13.3. The minimum absolute atomic E-state index is 0.00151. The molecule has 1 aliphatic rings. The smallest absolute Gasteiger partial charge is 0.254 e. The van der Waals surface area contributed by atoms with Crippen LogP contribution in [-0.2, 0) is 6.54 Å². The van der Waals surface area contributed by atoms with Crippen molar-refractivity contribution in [2.24, 2.45) is 0 Å². The summed E-state index contributed by atoms with van der Waals surface area (Å²) in [6.07, 6.45) is 5.46. The Labute approximate surface area is 182 Å². The Morgan fingerprint density at radius 2 is 1.77 bits per heavy atom. The lowest BCUT2D eigenvalue weighted by molar-refractivity contribution is 0.0586. The van der Waals surface area contributed by atoms with E-state index in [9.17, 15) is 4.79 Å². The van der Waals surface area contributed by atoms with E-state index in [1.54, 1.807) is 20.3 Å². The Hall–Kier alpha value is -3.35. The molecule has 0 N–H and O–H groups in total. The van der Waals surface area contributed by atoms with E-state index in [4.69, 9.17) is 14.0 Å². The van der Waals surface area contributed by atoms with Crippen molar-refractivity contribution in [1.82, 2.24) is 15.0 Å². The number of carbonyl (C=O) groups excluding carboxylic acids is 1. The van der Waals surface area contributed by atoms with E-state index in [1.165, 1.54) is 6.42 Å². The van der Waals surface area contributed by atoms with Crippen molar-refractivity contribution >= 4 is 5.91 Å². The first-order valence-corrected chi connectivity index (χ1v) is 10.6. The Balaban J connectivity index is 1.58. The zero-order valence-electron chi connectivity index (χ0n) is 17.9. The van der Waals surface area contributed by atoms with Gasteiger partial charge in [-0.05, 0) is 43.2 Å². The number of methoxy groups -OCH3 is 2. The number of hydrogen-bond acceptors (Lipinski definition) is 6. The lowest BCUT2D eigenvalue weighted by Gasteiger charge is -2.33. The summed E-state index contributed by atoms with van der Waals surface area (Å²) in [4.78, 5) is 19.7. The molecule has 1 aliphatic carbocycles. The van der Waals surface area contributed by atoms with E-state index in [0.717, 1.165) is 31.2 Å². The molecule has 2 aromatic carbocycles. The van der Waals surface area contributed by atoms with Gasteiger partial charge < -0.3 is 18.9 Å². The zero-order valence-corrected chi connectivity index (χ0v) is 17.9. The molecule has 0 bridgehead atoms. The number of amides is 1. The third-order valence-electron chi connectivity index (χ3n) is 5.71. The molecule has 0 atom stereocenters. The van der Waals surface area contributed by atoms with E-state index >= 15 is 0 Å². The largest absolute Gasteiger partial charge is 0.493 e. The highest BCUT2D eigenvalue weighted by molar-refractivity contribution is 5.94. The number of benzene rings is 2. The van der Waals surface area contributed by atoms with Gasteiger partial charge in [0.2, 0.25) is 11.7 Å². The van der Waals surface area contributed by atoms with Crippen molar-refractivity contribution in [3.8, 4) is 22.9 Å². The summed E-state index contributed by atoms with van der Waals surface area (Å²) in [5.74, 6) is 2.09. The zero-order chi connectivity index (χ0) is 21.6. The number of nitrogens with zero attached hydrogens (tertiary/aromatic N) is 3. The van der Waals surface area contributed by atoms with Crippen LogP contribution < -0.4 is 9.47 Å². The fraction of sp³-hybridized carbons (Fsp3) is 0.375. The summed E-state index contributed by atoms with van der Waals surface area (Å²) < 4.78 is 16.2. The van der Waals surface area contributed by atoms with E-state index in [-0.39, 0.29) is 11.9 Å². The molecule has 1 heterocycles. The Morgan fingerprint density at radius 1 is 1.03 bits per heavy atom. The maximum absolute atomic E-state index is 13.3. The van der Waals surface area contributed by atoms with Gasteiger partial charge in [0.1, 0.15) is 6.54 Å². The maximum Gasteiger partial charge on any atom is 0.254 e. The van der Waals surface area contributed by atoms with Crippen molar-refractivity contribution in [2.45, 2.75) is 44.7 Å². The number of hydrogen-bond donors (Lipinski definition) is 0. The van der Waals surface area contributed by atoms with Gasteiger partial charge >= 0.3 is 0 Å². The molecule has 162 valence electrons. The minimum atomic E-state index is -0.00151. The van der Waals surface area contributed by atoms with Crippen LogP contribution in [0.3, 0.4) is 0 Å². The second kappa shape index (κ2) is 9.64. The summed E-state index contributed by atoms with van der Waals surface area (Å²) in [5.41, 5.74) is 1.43. The molecule has 0 saturated heterocycles. The van der Waals surface area contributed by atoms with Crippen LogP contribution in [0, 0.1) is 0 Å². The highest BCUT2D eigenvalue weighted by Crippen LogP contribution is 2.31. The quantitative estimate of drug-likeness (QED) is 0.549. The molecule has 1 fully saturated rings. The molecule has 0 unspecified atom stereocenters. The highest BCUT2D eigenvalue weighted by atomic mass is 16.5. The van der Waals surface area contributed by atoms with Crippen molar-refractivity contribution in [3.05, 3.63) is 60.0 Å². The summed E-state index contributed by atoms with van der Waals surface area (Å²) in [6, 6.07) is 15.0. The fourth-order valence-electron chi connectivity index (χ4n) is 4.06. The molecule has 7 nitrogen and oxygen atoms in total. The Morgan fingerprint density at radius 3 is 2.48 bits per heavy atom. The number of carbonyl (C=O) groups is 1. The summed E-state index contributed by atoms with van der Waals surface area (Å²) in [6.45, 7) is 0.290. The third-order valence-corrected chi connectivity index (χ3v) is 5.71. The van der Waals surface area contributed by atoms with Crippen molar-refractivity contribution in [2.75, 3.05) is 14.2 Å². The van der Waals surface area contributed by atoms with Gasteiger partial charge in [-0.3, -0.25) is 4.79 Å². The van der Waals surface area contributed by atoms with E-state index < -0.39 is 0 Å². The number of rotatable bonds is 7. The average molecular weight is 421 g/mol. The van der Waals surface area contributed by atoms with Gasteiger partial charge in [-0.15, -0.1) is 0 Å². The molecule has 1 amide bonds.